The monoisotopic (exact) mass is 522 g/mol. The van der Waals surface area contributed by atoms with Gasteiger partial charge in [0.15, 0.2) is 0 Å². The predicted octanol–water partition coefficient (Wildman–Crippen LogP) is -0.939. The Balaban J connectivity index is -0.000000130. The summed E-state index contributed by atoms with van der Waals surface area (Å²) in [6.07, 6.45) is 0. The van der Waals surface area contributed by atoms with Crippen LogP contribution in [0.5, 0.6) is 0 Å². The van der Waals surface area contributed by atoms with Crippen LogP contribution in [0, 0.1) is 46.9 Å². The molecule has 1 radical (unpaired) electrons. The Morgan fingerprint density at radius 3 is 0.600 bits per heavy atom. The van der Waals surface area contributed by atoms with Gasteiger partial charge in [0.2, 0.25) is 0 Å². The maximum Gasteiger partial charge on any atom is 3.00 e. The molecule has 0 spiro atoms. The number of hydrogen-bond acceptors (Lipinski definition) is 6. The van der Waals surface area contributed by atoms with Crippen molar-refractivity contribution >= 4 is 0 Å². The predicted molar refractivity (Wildman–Crippen MR) is 97.9 cm³/mol. The van der Waals surface area contributed by atoms with Crippen molar-refractivity contribution in [3.8, 4) is 0 Å². The molecule has 161 valence electrons. The van der Waals surface area contributed by atoms with Gasteiger partial charge in [0.25, 0.3) is 0 Å². The van der Waals surface area contributed by atoms with Gasteiger partial charge in [-0.25, -0.2) is 0 Å². The summed E-state index contributed by atoms with van der Waals surface area (Å²) in [4.78, 5) is 5.69. The topological polar surface area (TPSA) is 78.9 Å². The zero-order valence-electron chi connectivity index (χ0n) is 18.5. The van der Waals surface area contributed by atoms with E-state index in [0.29, 0.717) is 19.6 Å². The van der Waals surface area contributed by atoms with Gasteiger partial charge in [-0.05, 0) is 61.9 Å². The van der Waals surface area contributed by atoms with Crippen LogP contribution in [0.25, 0.3) is 0 Å². The zero-order chi connectivity index (χ0) is 20.4. The molecule has 25 heavy (non-hydrogen) atoms. The van der Waals surface area contributed by atoms with Crippen LogP contribution in [0.4, 0.5) is 0 Å². The fraction of sp³-hybridized carbons (Fsp3) is 1.00. The van der Waals surface area contributed by atoms with Crippen LogP contribution in [-0.4, -0.2) is 93.4 Å². The molecule has 0 rings (SSSR count). The van der Waals surface area contributed by atoms with Gasteiger partial charge in [0, 0.05) is 0 Å². The zero-order valence-corrected chi connectivity index (χ0v) is 20.2. The van der Waals surface area contributed by atoms with E-state index in [2.05, 4.69) is 0 Å². The SMILES string of the molecule is CN(C)CC(C)(C)[O-].CN(C)CC(C)(C)[O-].CN(C)CC(C)(C)[O-].[Yb+3]. The van der Waals surface area contributed by atoms with E-state index in [0.717, 1.165) is 0 Å². The molecule has 0 fully saturated rings. The summed E-state index contributed by atoms with van der Waals surface area (Å²) >= 11 is 0. The van der Waals surface area contributed by atoms with Crippen molar-refractivity contribution in [2.45, 2.75) is 58.3 Å². The fourth-order valence-electron chi connectivity index (χ4n) is 2.28. The minimum atomic E-state index is -0.802. The maximum atomic E-state index is 10.9. The Morgan fingerprint density at radius 1 is 0.480 bits per heavy atom. The molecule has 0 aliphatic rings. The van der Waals surface area contributed by atoms with Crippen molar-refractivity contribution in [1.29, 1.82) is 0 Å². The average molecular weight is 522 g/mol. The van der Waals surface area contributed by atoms with Crippen molar-refractivity contribution in [2.24, 2.45) is 0 Å². The normalized spacial score (nSPS) is 12.2. The molecular weight excluding hydrogens is 479 g/mol. The van der Waals surface area contributed by atoms with Crippen LogP contribution in [0.1, 0.15) is 41.5 Å². The molecule has 0 aromatic heterocycles. The van der Waals surface area contributed by atoms with Gasteiger partial charge in [-0.3, -0.25) is 0 Å². The summed E-state index contributed by atoms with van der Waals surface area (Å²) in [7, 11) is 11.4. The Labute approximate surface area is 195 Å². The van der Waals surface area contributed by atoms with E-state index in [1.165, 1.54) is 0 Å². The molecule has 0 aliphatic heterocycles. The van der Waals surface area contributed by atoms with Crippen molar-refractivity contribution < 1.29 is 62.2 Å². The Bertz CT molecular complexity index is 244. The first-order chi connectivity index (χ1) is 10.2. The Morgan fingerprint density at radius 2 is 0.600 bits per heavy atom. The van der Waals surface area contributed by atoms with E-state index < -0.39 is 16.8 Å². The van der Waals surface area contributed by atoms with Gasteiger partial charge in [0.1, 0.15) is 0 Å². The average Bonchev–Trinajstić information content (AvgIpc) is 2.04. The van der Waals surface area contributed by atoms with E-state index in [4.69, 9.17) is 0 Å². The largest absolute Gasteiger partial charge is 3.00 e. The molecule has 0 N–H and O–H groups in total. The molecule has 0 unspecified atom stereocenters. The van der Waals surface area contributed by atoms with Crippen LogP contribution in [0.3, 0.4) is 0 Å². The molecule has 0 aliphatic carbocycles. The first-order valence-electron chi connectivity index (χ1n) is 8.30. The van der Waals surface area contributed by atoms with Crippen LogP contribution in [0.2, 0.25) is 0 Å². The molecule has 0 saturated heterocycles. The molecule has 6 nitrogen and oxygen atoms in total. The molecule has 0 saturated carbocycles. The molecule has 0 atom stereocenters. The fourth-order valence-corrected chi connectivity index (χ4v) is 2.28. The molecule has 0 aromatic rings. The smallest absolute Gasteiger partial charge is 0.849 e. The van der Waals surface area contributed by atoms with Crippen molar-refractivity contribution in [1.82, 2.24) is 14.7 Å². The van der Waals surface area contributed by atoms with Gasteiger partial charge in [0.05, 0.1) is 0 Å². The second kappa shape index (κ2) is 15.2. The third kappa shape index (κ3) is 51.7. The second-order valence-corrected chi connectivity index (χ2v) is 8.99. The van der Waals surface area contributed by atoms with Crippen molar-refractivity contribution in [3.05, 3.63) is 0 Å². The van der Waals surface area contributed by atoms with Gasteiger partial charge in [-0.2, -0.15) is 0 Å². The summed E-state index contributed by atoms with van der Waals surface area (Å²) in [5.41, 5.74) is -2.41. The maximum absolute atomic E-state index is 10.9. The summed E-state index contributed by atoms with van der Waals surface area (Å²) in [5.74, 6) is 0. The summed E-state index contributed by atoms with van der Waals surface area (Å²) in [6.45, 7) is 11.9. The van der Waals surface area contributed by atoms with E-state index in [-0.39, 0.29) is 46.9 Å². The number of rotatable bonds is 6. The minimum absolute atomic E-state index is 0. The van der Waals surface area contributed by atoms with Crippen molar-refractivity contribution in [2.75, 3.05) is 61.9 Å². The molecule has 0 heterocycles. The van der Waals surface area contributed by atoms with Crippen molar-refractivity contribution in [3.63, 3.8) is 0 Å². The van der Waals surface area contributed by atoms with Gasteiger partial charge < -0.3 is 30.0 Å². The second-order valence-electron chi connectivity index (χ2n) is 8.99. The molecule has 0 bridgehead atoms. The van der Waals surface area contributed by atoms with Gasteiger partial charge in [-0.15, -0.1) is 16.8 Å². The Hall–Kier alpha value is 1.28. The number of nitrogens with zero attached hydrogens (tertiary/aromatic N) is 3. The third-order valence-electron chi connectivity index (χ3n) is 2.09. The number of likely N-dealkylation sites (N-methyl/N-ethyl adjacent to an activating group) is 3. The quantitative estimate of drug-likeness (QED) is 0.449. The van der Waals surface area contributed by atoms with E-state index in [1.54, 1.807) is 41.5 Å². The number of hydrogen-bond donors (Lipinski definition) is 0. The van der Waals surface area contributed by atoms with E-state index in [9.17, 15) is 15.3 Å². The van der Waals surface area contributed by atoms with E-state index in [1.807, 2.05) is 57.0 Å². The minimum Gasteiger partial charge on any atom is -0.849 e. The summed E-state index contributed by atoms with van der Waals surface area (Å²) < 4.78 is 0. The van der Waals surface area contributed by atoms with Gasteiger partial charge in [-0.1, -0.05) is 41.5 Å². The first kappa shape index (κ1) is 33.8. The summed E-state index contributed by atoms with van der Waals surface area (Å²) in [6, 6.07) is 0. The Kier molecular flexibility index (Phi) is 20.6. The molecule has 0 aromatic carbocycles. The van der Waals surface area contributed by atoms with Crippen LogP contribution >= 0.6 is 0 Å². The standard InChI is InChI=1S/3C6H14NO.Yb/c3*1-6(2,8)5-7(3)4;/h3*5H2,1-4H3;/q3*-1;+3. The van der Waals surface area contributed by atoms with E-state index >= 15 is 0 Å². The molecular formula is C18H42N3O3Yb. The third-order valence-corrected chi connectivity index (χ3v) is 2.09. The van der Waals surface area contributed by atoms with Crippen LogP contribution in [0.15, 0.2) is 0 Å². The molecule has 0 amide bonds. The summed E-state index contributed by atoms with van der Waals surface area (Å²) in [5, 5.41) is 32.6. The van der Waals surface area contributed by atoms with Crippen LogP contribution in [-0.2, 0) is 0 Å². The van der Waals surface area contributed by atoms with Gasteiger partial charge >= 0.3 is 46.9 Å². The van der Waals surface area contributed by atoms with Crippen LogP contribution < -0.4 is 15.3 Å². The first-order valence-corrected chi connectivity index (χ1v) is 8.30. The molecule has 7 heteroatoms.